The number of aromatic nitrogens is 2. The molecular formula is C23H32ClN3O2. The molecule has 0 saturated carbocycles. The Labute approximate surface area is 180 Å². The number of halogens is 1. The molecule has 2 aromatic rings. The number of likely N-dealkylation sites (tertiary alicyclic amines) is 1. The number of hydrogen-bond acceptors (Lipinski definition) is 5. The first-order valence-electron chi connectivity index (χ1n) is 10.4. The van der Waals surface area contributed by atoms with Crippen LogP contribution in [0.3, 0.4) is 0 Å². The number of aryl methyl sites for hydroxylation is 1. The van der Waals surface area contributed by atoms with Crippen LogP contribution in [0.25, 0.3) is 0 Å². The summed E-state index contributed by atoms with van der Waals surface area (Å²) in [6, 6.07) is 6.41. The number of rotatable bonds is 4. The van der Waals surface area contributed by atoms with Crippen LogP contribution in [0.2, 0.25) is 0 Å². The fourth-order valence-corrected chi connectivity index (χ4v) is 4.43. The van der Waals surface area contributed by atoms with Crippen LogP contribution in [0.15, 0.2) is 24.4 Å². The molecule has 0 bridgehead atoms. The summed E-state index contributed by atoms with van der Waals surface area (Å²) in [5, 5.41) is 0. The summed E-state index contributed by atoms with van der Waals surface area (Å²) < 4.78 is 12.0. The highest BCUT2D eigenvalue weighted by Crippen LogP contribution is 2.41. The van der Waals surface area contributed by atoms with Gasteiger partial charge in [0.05, 0.1) is 19.4 Å². The van der Waals surface area contributed by atoms with E-state index in [0.717, 1.165) is 62.8 Å². The zero-order chi connectivity index (χ0) is 19.7. The Kier molecular flexibility index (Phi) is 6.82. The minimum absolute atomic E-state index is 0. The molecule has 0 radical (unpaired) electrons. The van der Waals surface area contributed by atoms with Crippen molar-refractivity contribution in [2.45, 2.75) is 58.1 Å². The smallest absolute Gasteiger partial charge is 0.131 e. The number of hydrogen-bond donors (Lipinski definition) is 0. The van der Waals surface area contributed by atoms with Gasteiger partial charge in [-0.2, -0.15) is 0 Å². The minimum Gasteiger partial charge on any atom is -0.496 e. The normalized spacial score (nSPS) is 18.4. The molecule has 3 heterocycles. The topological polar surface area (TPSA) is 47.5 Å². The number of benzene rings is 1. The van der Waals surface area contributed by atoms with Crippen molar-refractivity contribution in [2.75, 3.05) is 26.8 Å². The second-order valence-electron chi connectivity index (χ2n) is 8.44. The van der Waals surface area contributed by atoms with Crippen molar-refractivity contribution in [2.24, 2.45) is 0 Å². The van der Waals surface area contributed by atoms with E-state index in [-0.39, 0.29) is 18.0 Å². The Morgan fingerprint density at radius 3 is 2.69 bits per heavy atom. The highest BCUT2D eigenvalue weighted by atomic mass is 35.5. The van der Waals surface area contributed by atoms with Gasteiger partial charge in [0.1, 0.15) is 17.2 Å². The molecule has 1 spiro atoms. The quantitative estimate of drug-likeness (QED) is 0.737. The molecule has 1 aromatic carbocycles. The van der Waals surface area contributed by atoms with Crippen molar-refractivity contribution in [3.63, 3.8) is 0 Å². The SMILES string of the molecule is COc1ccc(C)cc1CN1CCC2(CC1)OCCc1cnc(C(C)C)nc12.Cl. The number of nitrogens with zero attached hydrogens (tertiary/aromatic N) is 3. The lowest BCUT2D eigenvalue weighted by Gasteiger charge is -2.44. The first-order chi connectivity index (χ1) is 13.5. The molecule has 158 valence electrons. The molecule has 1 saturated heterocycles. The molecule has 0 atom stereocenters. The third kappa shape index (κ3) is 4.42. The molecule has 4 rings (SSSR count). The summed E-state index contributed by atoms with van der Waals surface area (Å²) in [4.78, 5) is 12.0. The van der Waals surface area contributed by atoms with Gasteiger partial charge in [-0.15, -0.1) is 12.4 Å². The van der Waals surface area contributed by atoms with Crippen molar-refractivity contribution < 1.29 is 9.47 Å². The number of fused-ring (bicyclic) bond motifs is 2. The lowest BCUT2D eigenvalue weighted by atomic mass is 9.83. The fraction of sp³-hybridized carbons (Fsp3) is 0.565. The maximum absolute atomic E-state index is 6.39. The molecule has 6 heteroatoms. The van der Waals surface area contributed by atoms with Crippen molar-refractivity contribution in [3.8, 4) is 5.75 Å². The minimum atomic E-state index is -0.243. The third-order valence-corrected chi connectivity index (χ3v) is 6.07. The van der Waals surface area contributed by atoms with Gasteiger partial charge in [-0.3, -0.25) is 4.90 Å². The van der Waals surface area contributed by atoms with E-state index in [0.29, 0.717) is 5.92 Å². The van der Waals surface area contributed by atoms with Crippen LogP contribution in [0.5, 0.6) is 5.75 Å². The van der Waals surface area contributed by atoms with Crippen LogP contribution in [0.1, 0.15) is 60.8 Å². The highest BCUT2D eigenvalue weighted by Gasteiger charge is 2.42. The first-order valence-corrected chi connectivity index (χ1v) is 10.4. The number of piperidine rings is 1. The molecule has 0 unspecified atom stereocenters. The zero-order valence-corrected chi connectivity index (χ0v) is 18.7. The lowest BCUT2D eigenvalue weighted by Crippen LogP contribution is -2.47. The van der Waals surface area contributed by atoms with Gasteiger partial charge in [-0.05, 0) is 37.8 Å². The molecule has 0 amide bonds. The van der Waals surface area contributed by atoms with Crippen LogP contribution >= 0.6 is 12.4 Å². The molecule has 1 fully saturated rings. The van der Waals surface area contributed by atoms with Crippen molar-refractivity contribution in [1.29, 1.82) is 0 Å². The molecule has 0 N–H and O–H groups in total. The van der Waals surface area contributed by atoms with Crippen molar-refractivity contribution >= 4 is 12.4 Å². The predicted octanol–water partition coefficient (Wildman–Crippen LogP) is 4.40. The average Bonchev–Trinajstić information content (AvgIpc) is 2.70. The Bertz CT molecular complexity index is 848. The van der Waals surface area contributed by atoms with Gasteiger partial charge < -0.3 is 9.47 Å². The zero-order valence-electron chi connectivity index (χ0n) is 17.9. The maximum Gasteiger partial charge on any atom is 0.131 e. The van der Waals surface area contributed by atoms with E-state index in [9.17, 15) is 0 Å². The predicted molar refractivity (Wildman–Crippen MR) is 117 cm³/mol. The van der Waals surface area contributed by atoms with Gasteiger partial charge in [0.15, 0.2) is 0 Å². The van der Waals surface area contributed by atoms with Gasteiger partial charge in [0.2, 0.25) is 0 Å². The third-order valence-electron chi connectivity index (χ3n) is 6.07. The standard InChI is InChI=1S/C23H31N3O2.ClH/c1-16(2)22-24-14-18-7-12-28-23(21(18)25-22)8-10-26(11-9-23)15-19-13-17(3)5-6-20(19)27-4;/h5-6,13-14,16H,7-12,15H2,1-4H3;1H. The Morgan fingerprint density at radius 1 is 1.24 bits per heavy atom. The summed E-state index contributed by atoms with van der Waals surface area (Å²) in [5.74, 6) is 2.23. The molecule has 29 heavy (non-hydrogen) atoms. The van der Waals surface area contributed by atoms with Crippen LogP contribution in [-0.2, 0) is 23.3 Å². The van der Waals surface area contributed by atoms with E-state index in [4.69, 9.17) is 14.5 Å². The van der Waals surface area contributed by atoms with E-state index in [1.807, 2.05) is 6.20 Å². The van der Waals surface area contributed by atoms with E-state index < -0.39 is 0 Å². The van der Waals surface area contributed by atoms with Crippen molar-refractivity contribution in [1.82, 2.24) is 14.9 Å². The van der Waals surface area contributed by atoms with E-state index in [1.54, 1.807) is 7.11 Å². The van der Waals surface area contributed by atoms with Gasteiger partial charge in [-0.1, -0.05) is 31.5 Å². The van der Waals surface area contributed by atoms with Crippen LogP contribution in [0, 0.1) is 6.92 Å². The summed E-state index contributed by atoms with van der Waals surface area (Å²) >= 11 is 0. The summed E-state index contributed by atoms with van der Waals surface area (Å²) in [6.45, 7) is 10.1. The van der Waals surface area contributed by atoms with Gasteiger partial charge in [-0.25, -0.2) is 9.97 Å². The summed E-state index contributed by atoms with van der Waals surface area (Å²) in [6.07, 6.45) is 4.90. The summed E-state index contributed by atoms with van der Waals surface area (Å²) in [5.41, 5.74) is 4.70. The average molecular weight is 418 g/mol. The number of ether oxygens (including phenoxy) is 2. The second-order valence-corrected chi connectivity index (χ2v) is 8.44. The molecule has 1 aromatic heterocycles. The van der Waals surface area contributed by atoms with Crippen LogP contribution in [-0.4, -0.2) is 41.7 Å². The lowest BCUT2D eigenvalue weighted by molar-refractivity contribution is -0.102. The molecule has 2 aliphatic rings. The van der Waals surface area contributed by atoms with E-state index >= 15 is 0 Å². The van der Waals surface area contributed by atoms with Gasteiger partial charge >= 0.3 is 0 Å². The van der Waals surface area contributed by atoms with E-state index in [2.05, 4.69) is 48.9 Å². The Hall–Kier alpha value is -1.69. The number of methoxy groups -OCH3 is 1. The largest absolute Gasteiger partial charge is 0.496 e. The fourth-order valence-electron chi connectivity index (χ4n) is 4.43. The highest BCUT2D eigenvalue weighted by molar-refractivity contribution is 5.85. The summed E-state index contributed by atoms with van der Waals surface area (Å²) in [7, 11) is 1.75. The molecular weight excluding hydrogens is 386 g/mol. The molecule has 2 aliphatic heterocycles. The maximum atomic E-state index is 6.39. The van der Waals surface area contributed by atoms with Crippen molar-refractivity contribution in [3.05, 3.63) is 52.6 Å². The monoisotopic (exact) mass is 417 g/mol. The molecule has 0 aliphatic carbocycles. The first kappa shape index (κ1) is 22.0. The second kappa shape index (κ2) is 8.99. The van der Waals surface area contributed by atoms with Crippen LogP contribution in [0.4, 0.5) is 0 Å². The Balaban J connectivity index is 0.00000240. The Morgan fingerprint density at radius 2 is 2.00 bits per heavy atom. The van der Waals surface area contributed by atoms with Crippen LogP contribution < -0.4 is 4.74 Å². The molecule has 5 nitrogen and oxygen atoms in total. The van der Waals surface area contributed by atoms with Gasteiger partial charge in [0.25, 0.3) is 0 Å². The van der Waals surface area contributed by atoms with E-state index in [1.165, 1.54) is 16.7 Å². The van der Waals surface area contributed by atoms with Gasteiger partial charge in [0, 0.05) is 37.3 Å².